The Labute approximate surface area is 179 Å². The fourth-order valence-corrected chi connectivity index (χ4v) is 2.99. The molecule has 4 rings (SSSR count). The van der Waals surface area contributed by atoms with E-state index >= 15 is 0 Å². The molecule has 0 bridgehead atoms. The van der Waals surface area contributed by atoms with E-state index in [9.17, 15) is 4.79 Å². The van der Waals surface area contributed by atoms with Crippen LogP contribution in [-0.2, 0) is 4.74 Å². The molecule has 0 radical (unpaired) electrons. The zero-order valence-corrected chi connectivity index (χ0v) is 17.5. The van der Waals surface area contributed by atoms with Crippen molar-refractivity contribution in [3.8, 4) is 0 Å². The zero-order valence-electron chi connectivity index (χ0n) is 17.5. The van der Waals surface area contributed by atoms with Gasteiger partial charge in [0, 0.05) is 31.2 Å². The molecule has 9 nitrogen and oxygen atoms in total. The molecular weight excluding hydrogens is 394 g/mol. The molecule has 2 aromatic carbocycles. The maximum absolute atomic E-state index is 11.8. The smallest absolute Gasteiger partial charge is 0.338 e. The van der Waals surface area contributed by atoms with Crippen molar-refractivity contribution in [1.82, 2.24) is 19.9 Å². The summed E-state index contributed by atoms with van der Waals surface area (Å²) in [6, 6.07) is 15.0. The molecule has 3 N–H and O–H groups in total. The van der Waals surface area contributed by atoms with Crippen LogP contribution in [0.2, 0.25) is 0 Å². The number of hydrogen-bond donors (Lipinski definition) is 3. The topological polar surface area (TPSA) is 108 Å². The molecule has 2 heterocycles. The molecule has 2 aromatic heterocycles. The molecule has 4 aromatic rings. The summed E-state index contributed by atoms with van der Waals surface area (Å²) in [7, 11) is 3.99. The molecule has 0 aliphatic rings. The number of nitrogens with zero attached hydrogens (tertiary/aromatic N) is 4. The first-order valence-electron chi connectivity index (χ1n) is 9.83. The van der Waals surface area contributed by atoms with Gasteiger partial charge in [-0.3, -0.25) is 0 Å². The molecule has 158 valence electrons. The molecule has 0 aliphatic carbocycles. The number of H-pyrrole nitrogens is 1. The highest BCUT2D eigenvalue weighted by Crippen LogP contribution is 2.25. The first-order chi connectivity index (χ1) is 15.0. The largest absolute Gasteiger partial charge is 0.462 e. The van der Waals surface area contributed by atoms with Gasteiger partial charge in [0.1, 0.15) is 0 Å². The van der Waals surface area contributed by atoms with Crippen LogP contribution in [0.3, 0.4) is 0 Å². The Morgan fingerprint density at radius 1 is 1.00 bits per heavy atom. The van der Waals surface area contributed by atoms with Crippen molar-refractivity contribution < 1.29 is 9.53 Å². The van der Waals surface area contributed by atoms with Gasteiger partial charge in [0.15, 0.2) is 17.0 Å². The minimum Gasteiger partial charge on any atom is -0.462 e. The minimum atomic E-state index is -0.349. The van der Waals surface area contributed by atoms with Gasteiger partial charge in [-0.1, -0.05) is 0 Å². The highest BCUT2D eigenvalue weighted by Gasteiger charge is 2.12. The van der Waals surface area contributed by atoms with Gasteiger partial charge < -0.3 is 25.3 Å². The van der Waals surface area contributed by atoms with Crippen LogP contribution in [-0.4, -0.2) is 46.6 Å². The van der Waals surface area contributed by atoms with E-state index in [0.29, 0.717) is 35.1 Å². The molecule has 0 atom stereocenters. The minimum absolute atomic E-state index is 0.338. The summed E-state index contributed by atoms with van der Waals surface area (Å²) >= 11 is 0. The van der Waals surface area contributed by atoms with Crippen molar-refractivity contribution in [1.29, 1.82) is 0 Å². The summed E-state index contributed by atoms with van der Waals surface area (Å²) in [6.45, 7) is 2.12. The lowest BCUT2D eigenvalue weighted by Gasteiger charge is -2.13. The molecule has 0 saturated carbocycles. The maximum atomic E-state index is 11.8. The SMILES string of the molecule is CCOC(=O)c1ccc(Nc2nc(Nc3ccc(N(C)C)cc3)nc3[nH]cnc23)cc1. The predicted molar refractivity (Wildman–Crippen MR) is 121 cm³/mol. The number of rotatable bonds is 7. The molecule has 0 unspecified atom stereocenters. The van der Waals surface area contributed by atoms with Crippen molar-refractivity contribution in [2.45, 2.75) is 6.92 Å². The summed E-state index contributed by atoms with van der Waals surface area (Å²) in [4.78, 5) is 30.3. The van der Waals surface area contributed by atoms with Crippen LogP contribution in [0.4, 0.5) is 28.8 Å². The first kappa shape index (κ1) is 20.1. The van der Waals surface area contributed by atoms with Crippen LogP contribution < -0.4 is 15.5 Å². The Bertz CT molecular complexity index is 1180. The fraction of sp³-hybridized carbons (Fsp3) is 0.182. The van der Waals surface area contributed by atoms with Gasteiger partial charge in [-0.05, 0) is 55.5 Å². The van der Waals surface area contributed by atoms with Crippen molar-refractivity contribution in [3.63, 3.8) is 0 Å². The Balaban J connectivity index is 1.58. The number of ether oxygens (including phenoxy) is 1. The Kier molecular flexibility index (Phi) is 5.65. The molecule has 9 heteroatoms. The second-order valence-corrected chi connectivity index (χ2v) is 6.98. The number of nitrogens with one attached hydrogen (secondary N) is 3. The van der Waals surface area contributed by atoms with Crippen LogP contribution in [0.1, 0.15) is 17.3 Å². The molecule has 0 amide bonds. The van der Waals surface area contributed by atoms with Crippen LogP contribution in [0, 0.1) is 0 Å². The van der Waals surface area contributed by atoms with Crippen LogP contribution >= 0.6 is 0 Å². The van der Waals surface area contributed by atoms with E-state index in [1.165, 1.54) is 0 Å². The van der Waals surface area contributed by atoms with Gasteiger partial charge in [0.05, 0.1) is 18.5 Å². The maximum Gasteiger partial charge on any atom is 0.338 e. The van der Waals surface area contributed by atoms with Gasteiger partial charge in [0.25, 0.3) is 0 Å². The number of benzene rings is 2. The summed E-state index contributed by atoms with van der Waals surface area (Å²) in [6.07, 6.45) is 1.57. The summed E-state index contributed by atoms with van der Waals surface area (Å²) in [5, 5.41) is 6.48. The zero-order chi connectivity index (χ0) is 21.8. The Morgan fingerprint density at radius 2 is 1.68 bits per heavy atom. The number of aromatic nitrogens is 4. The standard InChI is InChI=1S/C22H23N7O2/c1-4-31-21(30)14-5-7-15(8-6-14)25-20-18-19(24-13-23-18)27-22(28-20)26-16-9-11-17(12-10-16)29(2)3/h5-13H,4H2,1-3H3,(H3,23,24,25,26,27,28). The fourth-order valence-electron chi connectivity index (χ4n) is 2.99. The van der Waals surface area contributed by atoms with E-state index < -0.39 is 0 Å². The number of aromatic amines is 1. The van der Waals surface area contributed by atoms with E-state index in [-0.39, 0.29) is 5.97 Å². The molecule has 31 heavy (non-hydrogen) atoms. The average Bonchev–Trinajstić information content (AvgIpc) is 3.24. The number of fused-ring (bicyclic) bond motifs is 1. The second kappa shape index (κ2) is 8.70. The molecule has 0 saturated heterocycles. The van der Waals surface area contributed by atoms with Crippen molar-refractivity contribution >= 4 is 46.0 Å². The average molecular weight is 417 g/mol. The van der Waals surface area contributed by atoms with E-state index in [2.05, 4.69) is 30.6 Å². The number of imidazole rings is 1. The predicted octanol–water partition coefficient (Wildman–Crippen LogP) is 4.08. The van der Waals surface area contributed by atoms with E-state index in [1.807, 2.05) is 43.3 Å². The highest BCUT2D eigenvalue weighted by atomic mass is 16.5. The van der Waals surface area contributed by atoms with E-state index in [1.54, 1.807) is 37.5 Å². The van der Waals surface area contributed by atoms with E-state index in [4.69, 9.17) is 4.74 Å². The third-order valence-electron chi connectivity index (χ3n) is 4.58. The van der Waals surface area contributed by atoms with Gasteiger partial charge in [-0.15, -0.1) is 0 Å². The van der Waals surface area contributed by atoms with Gasteiger partial charge in [0.2, 0.25) is 5.95 Å². The lowest BCUT2D eigenvalue weighted by atomic mass is 10.2. The third-order valence-corrected chi connectivity index (χ3v) is 4.58. The first-order valence-corrected chi connectivity index (χ1v) is 9.83. The van der Waals surface area contributed by atoms with Crippen LogP contribution in [0.25, 0.3) is 11.2 Å². The number of hydrogen-bond acceptors (Lipinski definition) is 8. The third kappa shape index (κ3) is 4.55. The molecular formula is C22H23N7O2. The van der Waals surface area contributed by atoms with Crippen molar-refractivity contribution in [2.24, 2.45) is 0 Å². The number of anilines is 5. The number of carbonyl (C=O) groups excluding carboxylic acids is 1. The van der Waals surface area contributed by atoms with Gasteiger partial charge >= 0.3 is 5.97 Å². The number of esters is 1. The summed E-state index contributed by atoms with van der Waals surface area (Å²) in [5.41, 5.74) is 4.44. The molecule has 0 spiro atoms. The van der Waals surface area contributed by atoms with Crippen LogP contribution in [0.5, 0.6) is 0 Å². The summed E-state index contributed by atoms with van der Waals surface area (Å²) in [5.74, 6) is 0.625. The molecule has 0 fully saturated rings. The number of carbonyl (C=O) groups is 1. The lowest BCUT2D eigenvalue weighted by molar-refractivity contribution is 0.0526. The van der Waals surface area contributed by atoms with Gasteiger partial charge in [-0.2, -0.15) is 9.97 Å². The monoisotopic (exact) mass is 417 g/mol. The van der Waals surface area contributed by atoms with Crippen molar-refractivity contribution in [2.75, 3.05) is 36.2 Å². The Hall–Kier alpha value is -4.14. The Morgan fingerprint density at radius 3 is 2.35 bits per heavy atom. The lowest BCUT2D eigenvalue weighted by Crippen LogP contribution is -2.08. The highest BCUT2D eigenvalue weighted by molar-refractivity contribution is 5.90. The van der Waals surface area contributed by atoms with E-state index in [0.717, 1.165) is 17.1 Å². The van der Waals surface area contributed by atoms with Crippen LogP contribution in [0.15, 0.2) is 54.9 Å². The van der Waals surface area contributed by atoms with Crippen molar-refractivity contribution in [3.05, 3.63) is 60.4 Å². The summed E-state index contributed by atoms with van der Waals surface area (Å²) < 4.78 is 5.02. The van der Waals surface area contributed by atoms with Gasteiger partial charge in [-0.25, -0.2) is 9.78 Å². The normalized spacial score (nSPS) is 10.7. The quantitative estimate of drug-likeness (QED) is 0.386. The molecule has 0 aliphatic heterocycles. The second-order valence-electron chi connectivity index (χ2n) is 6.98.